The number of rotatable bonds is 6. The maximum atomic E-state index is 12.5. The molecule has 3 aromatic rings. The van der Waals surface area contributed by atoms with Crippen molar-refractivity contribution in [2.75, 3.05) is 14.2 Å². The van der Waals surface area contributed by atoms with Crippen molar-refractivity contribution in [3.8, 4) is 22.9 Å². The van der Waals surface area contributed by atoms with Gasteiger partial charge in [0.2, 0.25) is 0 Å². The quantitative estimate of drug-likeness (QED) is 0.727. The minimum Gasteiger partial charge on any atom is -0.497 e. The highest BCUT2D eigenvalue weighted by Crippen LogP contribution is 2.20. The standard InChI is InChI=1S/C21H21N3O3/c1-14-18(21(25)23-12-16-6-4-5-7-19(16)27-3)13-22-20(24-14)15-8-10-17(26-2)11-9-15/h4-11,13H,12H2,1-3H3,(H,23,25). The van der Waals surface area contributed by atoms with E-state index < -0.39 is 0 Å². The zero-order chi connectivity index (χ0) is 19.2. The van der Waals surface area contributed by atoms with Crippen molar-refractivity contribution in [3.05, 3.63) is 71.5 Å². The molecule has 138 valence electrons. The van der Waals surface area contributed by atoms with E-state index in [2.05, 4.69) is 15.3 Å². The van der Waals surface area contributed by atoms with Crippen molar-refractivity contribution in [3.63, 3.8) is 0 Å². The van der Waals surface area contributed by atoms with E-state index in [0.29, 0.717) is 23.6 Å². The summed E-state index contributed by atoms with van der Waals surface area (Å²) in [5, 5.41) is 2.89. The van der Waals surface area contributed by atoms with Crippen LogP contribution in [0.15, 0.2) is 54.7 Å². The fraction of sp³-hybridized carbons (Fsp3) is 0.190. The van der Waals surface area contributed by atoms with Crippen LogP contribution in [0, 0.1) is 6.92 Å². The topological polar surface area (TPSA) is 73.3 Å². The Morgan fingerprint density at radius 3 is 2.44 bits per heavy atom. The number of carbonyl (C=O) groups is 1. The van der Waals surface area contributed by atoms with Gasteiger partial charge in [-0.2, -0.15) is 0 Å². The monoisotopic (exact) mass is 363 g/mol. The molecule has 0 aliphatic heterocycles. The second-order valence-corrected chi connectivity index (χ2v) is 5.92. The molecule has 0 saturated heterocycles. The van der Waals surface area contributed by atoms with Gasteiger partial charge in [-0.1, -0.05) is 18.2 Å². The van der Waals surface area contributed by atoms with E-state index in [0.717, 1.165) is 22.6 Å². The summed E-state index contributed by atoms with van der Waals surface area (Å²) in [4.78, 5) is 21.3. The summed E-state index contributed by atoms with van der Waals surface area (Å²) in [6, 6.07) is 15.0. The second-order valence-electron chi connectivity index (χ2n) is 5.92. The average Bonchev–Trinajstić information content (AvgIpc) is 2.72. The zero-order valence-corrected chi connectivity index (χ0v) is 15.5. The number of nitrogens with one attached hydrogen (secondary N) is 1. The van der Waals surface area contributed by atoms with Crippen molar-refractivity contribution >= 4 is 5.91 Å². The van der Waals surface area contributed by atoms with Crippen LogP contribution in [-0.4, -0.2) is 30.1 Å². The lowest BCUT2D eigenvalue weighted by Gasteiger charge is -2.11. The second kappa shape index (κ2) is 8.31. The molecule has 1 N–H and O–H groups in total. The third-order valence-electron chi connectivity index (χ3n) is 4.20. The molecule has 0 unspecified atom stereocenters. The predicted molar refractivity (Wildman–Crippen MR) is 103 cm³/mol. The van der Waals surface area contributed by atoms with Gasteiger partial charge in [-0.25, -0.2) is 9.97 Å². The van der Waals surface area contributed by atoms with Gasteiger partial charge in [0.25, 0.3) is 5.91 Å². The normalized spacial score (nSPS) is 10.3. The van der Waals surface area contributed by atoms with E-state index in [9.17, 15) is 4.79 Å². The Morgan fingerprint density at radius 1 is 1.04 bits per heavy atom. The van der Waals surface area contributed by atoms with Crippen LogP contribution < -0.4 is 14.8 Å². The molecule has 0 fully saturated rings. The van der Waals surface area contributed by atoms with E-state index in [4.69, 9.17) is 9.47 Å². The number of nitrogens with zero attached hydrogens (tertiary/aromatic N) is 2. The number of aryl methyl sites for hydroxylation is 1. The van der Waals surface area contributed by atoms with Crippen LogP contribution in [0.25, 0.3) is 11.4 Å². The van der Waals surface area contributed by atoms with Gasteiger partial charge in [0.1, 0.15) is 11.5 Å². The zero-order valence-electron chi connectivity index (χ0n) is 15.5. The average molecular weight is 363 g/mol. The van der Waals surface area contributed by atoms with Crippen LogP contribution in [0.2, 0.25) is 0 Å². The molecular weight excluding hydrogens is 342 g/mol. The van der Waals surface area contributed by atoms with Gasteiger partial charge in [0.05, 0.1) is 25.5 Å². The lowest BCUT2D eigenvalue weighted by atomic mass is 10.1. The van der Waals surface area contributed by atoms with Crippen LogP contribution in [0.5, 0.6) is 11.5 Å². The number of methoxy groups -OCH3 is 2. The number of ether oxygens (including phenoxy) is 2. The summed E-state index contributed by atoms with van der Waals surface area (Å²) in [5.74, 6) is 1.85. The molecule has 1 amide bonds. The number of benzene rings is 2. The minimum atomic E-state index is -0.223. The third kappa shape index (κ3) is 4.23. The van der Waals surface area contributed by atoms with Crippen LogP contribution in [0.1, 0.15) is 21.6 Å². The Labute approximate surface area is 158 Å². The fourth-order valence-electron chi connectivity index (χ4n) is 2.69. The van der Waals surface area contributed by atoms with Gasteiger partial charge in [0.15, 0.2) is 5.82 Å². The van der Waals surface area contributed by atoms with Crippen LogP contribution in [0.3, 0.4) is 0 Å². The van der Waals surface area contributed by atoms with Crippen LogP contribution >= 0.6 is 0 Å². The Balaban J connectivity index is 1.73. The largest absolute Gasteiger partial charge is 0.497 e. The molecular formula is C21H21N3O3. The first-order chi connectivity index (χ1) is 13.1. The maximum Gasteiger partial charge on any atom is 0.254 e. The number of hydrogen-bond donors (Lipinski definition) is 1. The van der Waals surface area contributed by atoms with Gasteiger partial charge < -0.3 is 14.8 Å². The van der Waals surface area contributed by atoms with Crippen molar-refractivity contribution in [1.82, 2.24) is 15.3 Å². The molecule has 27 heavy (non-hydrogen) atoms. The summed E-state index contributed by atoms with van der Waals surface area (Å²) in [7, 11) is 3.23. The number of aromatic nitrogens is 2. The minimum absolute atomic E-state index is 0.223. The first-order valence-electron chi connectivity index (χ1n) is 8.50. The summed E-state index contributed by atoms with van der Waals surface area (Å²) in [6.45, 7) is 2.16. The van der Waals surface area contributed by atoms with Crippen molar-refractivity contribution in [2.45, 2.75) is 13.5 Å². The Kier molecular flexibility index (Phi) is 5.66. The summed E-state index contributed by atoms with van der Waals surface area (Å²) >= 11 is 0. The van der Waals surface area contributed by atoms with E-state index in [1.54, 1.807) is 27.3 Å². The maximum absolute atomic E-state index is 12.5. The first kappa shape index (κ1) is 18.4. The van der Waals surface area contributed by atoms with E-state index >= 15 is 0 Å². The molecule has 0 atom stereocenters. The molecule has 2 aromatic carbocycles. The predicted octanol–water partition coefficient (Wildman–Crippen LogP) is 3.40. The molecule has 1 heterocycles. The molecule has 0 aliphatic rings. The van der Waals surface area contributed by atoms with Gasteiger partial charge in [-0.05, 0) is 37.3 Å². The lowest BCUT2D eigenvalue weighted by Crippen LogP contribution is -2.24. The SMILES string of the molecule is COc1ccc(-c2ncc(C(=O)NCc3ccccc3OC)c(C)n2)cc1. The molecule has 0 radical (unpaired) electrons. The van der Waals surface area contributed by atoms with Crippen LogP contribution in [0.4, 0.5) is 0 Å². The summed E-state index contributed by atoms with van der Waals surface area (Å²) < 4.78 is 10.5. The molecule has 3 rings (SSSR count). The van der Waals surface area contributed by atoms with Gasteiger partial charge in [0, 0.05) is 23.9 Å². The van der Waals surface area contributed by atoms with Gasteiger partial charge >= 0.3 is 0 Å². The summed E-state index contributed by atoms with van der Waals surface area (Å²) in [6.07, 6.45) is 1.56. The third-order valence-corrected chi connectivity index (χ3v) is 4.20. The Morgan fingerprint density at radius 2 is 1.78 bits per heavy atom. The Hall–Kier alpha value is -3.41. The number of amides is 1. The highest BCUT2D eigenvalue weighted by molar-refractivity contribution is 5.95. The van der Waals surface area contributed by atoms with Gasteiger partial charge in [-0.3, -0.25) is 4.79 Å². The fourth-order valence-corrected chi connectivity index (χ4v) is 2.69. The highest BCUT2D eigenvalue weighted by Gasteiger charge is 2.13. The van der Waals surface area contributed by atoms with Crippen molar-refractivity contribution < 1.29 is 14.3 Å². The number of hydrogen-bond acceptors (Lipinski definition) is 5. The molecule has 0 saturated carbocycles. The van der Waals surface area contributed by atoms with E-state index in [1.165, 1.54) is 0 Å². The number of carbonyl (C=O) groups excluding carboxylic acids is 1. The molecule has 6 heteroatoms. The smallest absolute Gasteiger partial charge is 0.254 e. The van der Waals surface area contributed by atoms with Crippen LogP contribution in [-0.2, 0) is 6.54 Å². The lowest BCUT2D eigenvalue weighted by molar-refractivity contribution is 0.0949. The summed E-state index contributed by atoms with van der Waals surface area (Å²) in [5.41, 5.74) is 2.83. The molecule has 1 aromatic heterocycles. The molecule has 0 spiro atoms. The highest BCUT2D eigenvalue weighted by atomic mass is 16.5. The molecule has 0 aliphatic carbocycles. The Bertz CT molecular complexity index is 940. The molecule has 0 bridgehead atoms. The van der Waals surface area contributed by atoms with Crippen molar-refractivity contribution in [1.29, 1.82) is 0 Å². The van der Waals surface area contributed by atoms with E-state index in [-0.39, 0.29) is 5.91 Å². The van der Waals surface area contributed by atoms with Crippen molar-refractivity contribution in [2.24, 2.45) is 0 Å². The first-order valence-corrected chi connectivity index (χ1v) is 8.50. The number of para-hydroxylation sites is 1. The van der Waals surface area contributed by atoms with Gasteiger partial charge in [-0.15, -0.1) is 0 Å². The molecule has 6 nitrogen and oxygen atoms in total. The van der Waals surface area contributed by atoms with E-state index in [1.807, 2.05) is 48.5 Å².